The molecule has 0 amide bonds. The van der Waals surface area contributed by atoms with Crippen molar-refractivity contribution in [3.8, 4) is 5.75 Å². The molecular formula is C27H38N4O3S. The molecule has 2 unspecified atom stereocenters. The van der Waals surface area contributed by atoms with Crippen LogP contribution in [0.15, 0.2) is 66.1 Å². The predicted octanol–water partition coefficient (Wildman–Crippen LogP) is 4.26. The maximum atomic E-state index is 12.6. The van der Waals surface area contributed by atoms with Crippen LogP contribution in [0.2, 0.25) is 0 Å². The predicted molar refractivity (Wildman–Crippen MR) is 140 cm³/mol. The maximum absolute atomic E-state index is 12.6. The third-order valence-electron chi connectivity index (χ3n) is 5.89. The summed E-state index contributed by atoms with van der Waals surface area (Å²) in [5.74, 6) is 1.63. The highest BCUT2D eigenvalue weighted by molar-refractivity contribution is 7.89. The van der Waals surface area contributed by atoms with Crippen molar-refractivity contribution in [2.45, 2.75) is 57.6 Å². The van der Waals surface area contributed by atoms with Crippen molar-refractivity contribution in [3.05, 3.63) is 77.7 Å². The number of aromatic nitrogens is 2. The van der Waals surface area contributed by atoms with Gasteiger partial charge in [0, 0.05) is 31.7 Å². The van der Waals surface area contributed by atoms with Crippen LogP contribution in [0.5, 0.6) is 5.75 Å². The molecular weight excluding hydrogens is 460 g/mol. The normalized spacial score (nSPS) is 17.3. The Balaban J connectivity index is 0.00000167. The van der Waals surface area contributed by atoms with Crippen molar-refractivity contribution >= 4 is 10.0 Å². The Hall–Kier alpha value is -2.68. The molecule has 2 aromatic carbocycles. The van der Waals surface area contributed by atoms with E-state index in [1.807, 2.05) is 32.0 Å². The molecule has 0 fully saturated rings. The van der Waals surface area contributed by atoms with E-state index in [4.69, 9.17) is 4.74 Å². The molecule has 0 aliphatic carbocycles. The number of imidazole rings is 1. The first kappa shape index (κ1) is 26.9. The number of rotatable bonds is 9. The Kier molecular flexibility index (Phi) is 9.48. The molecule has 4 rings (SSSR count). The number of hydrogen-bond donors (Lipinski definition) is 2. The molecule has 1 aliphatic rings. The fourth-order valence-electron chi connectivity index (χ4n) is 4.13. The van der Waals surface area contributed by atoms with Crippen LogP contribution in [-0.4, -0.2) is 37.2 Å². The summed E-state index contributed by atoms with van der Waals surface area (Å²) in [6.45, 7) is 10.1. The first-order valence-corrected chi connectivity index (χ1v) is 13.8. The number of sulfonamides is 1. The average Bonchev–Trinajstić information content (AvgIpc) is 3.31. The molecule has 0 saturated carbocycles. The van der Waals surface area contributed by atoms with E-state index in [9.17, 15) is 8.42 Å². The van der Waals surface area contributed by atoms with Crippen molar-refractivity contribution in [1.29, 1.82) is 0 Å². The van der Waals surface area contributed by atoms with E-state index >= 15 is 0 Å². The summed E-state index contributed by atoms with van der Waals surface area (Å²) in [5, 5.41) is 3.70. The van der Waals surface area contributed by atoms with Gasteiger partial charge in [-0.3, -0.25) is 0 Å². The zero-order chi connectivity index (χ0) is 25.4. The van der Waals surface area contributed by atoms with Gasteiger partial charge in [-0.15, -0.1) is 0 Å². The molecule has 2 N–H and O–H groups in total. The molecule has 2 atom stereocenters. The lowest BCUT2D eigenvalue weighted by molar-refractivity contribution is 0.208. The van der Waals surface area contributed by atoms with Crippen LogP contribution >= 0.6 is 0 Å². The standard InChI is InChI=1S/C25H32N4O3S.C2H6/c1-18(2)13-26-23-16-32-24-10-9-20(14-28-33(30,31)25-15-29(3)17-27-25)12-22(24)21(23)11-19-7-5-4-6-8-19;1-2/h4-10,12,15,17-18,21,23,26,28H,11,13-14,16H2,1-3H3;1-2H3. The van der Waals surface area contributed by atoms with Crippen LogP contribution in [0.4, 0.5) is 0 Å². The smallest absolute Gasteiger partial charge is 0.259 e. The van der Waals surface area contributed by atoms with Gasteiger partial charge in [0.2, 0.25) is 0 Å². The lowest BCUT2D eigenvalue weighted by Crippen LogP contribution is -2.44. The van der Waals surface area contributed by atoms with Gasteiger partial charge in [0.25, 0.3) is 10.0 Å². The molecule has 2 heterocycles. The van der Waals surface area contributed by atoms with E-state index < -0.39 is 10.0 Å². The van der Waals surface area contributed by atoms with Gasteiger partial charge in [-0.05, 0) is 41.6 Å². The van der Waals surface area contributed by atoms with Crippen LogP contribution in [0, 0.1) is 5.92 Å². The average molecular weight is 499 g/mol. The number of ether oxygens (including phenoxy) is 1. The van der Waals surface area contributed by atoms with E-state index in [2.05, 4.69) is 59.2 Å². The summed E-state index contributed by atoms with van der Waals surface area (Å²) < 4.78 is 35.6. The fraction of sp³-hybridized carbons (Fsp3) is 0.444. The van der Waals surface area contributed by atoms with Crippen molar-refractivity contribution in [3.63, 3.8) is 0 Å². The van der Waals surface area contributed by atoms with Gasteiger partial charge in [0.05, 0.1) is 6.33 Å². The Bertz CT molecular complexity index is 1180. The fourth-order valence-corrected chi connectivity index (χ4v) is 5.13. The number of nitrogens with zero attached hydrogens (tertiary/aromatic N) is 2. The van der Waals surface area contributed by atoms with E-state index in [0.717, 1.165) is 29.8 Å². The molecule has 0 saturated heterocycles. The van der Waals surface area contributed by atoms with Crippen LogP contribution in [0.3, 0.4) is 0 Å². The van der Waals surface area contributed by atoms with Gasteiger partial charge < -0.3 is 14.6 Å². The molecule has 0 spiro atoms. The van der Waals surface area contributed by atoms with Crippen molar-refractivity contribution in [2.24, 2.45) is 13.0 Å². The van der Waals surface area contributed by atoms with E-state index in [1.54, 1.807) is 11.6 Å². The summed E-state index contributed by atoms with van der Waals surface area (Å²) >= 11 is 0. The van der Waals surface area contributed by atoms with Crippen molar-refractivity contribution in [1.82, 2.24) is 19.6 Å². The van der Waals surface area contributed by atoms with Crippen molar-refractivity contribution < 1.29 is 13.2 Å². The zero-order valence-corrected chi connectivity index (χ0v) is 22.2. The van der Waals surface area contributed by atoms with Gasteiger partial charge in [-0.2, -0.15) is 0 Å². The summed E-state index contributed by atoms with van der Waals surface area (Å²) in [7, 11) is -1.93. The van der Waals surface area contributed by atoms with Gasteiger partial charge in [0.15, 0.2) is 5.03 Å². The molecule has 1 aliphatic heterocycles. The number of nitrogens with one attached hydrogen (secondary N) is 2. The Morgan fingerprint density at radius 2 is 1.86 bits per heavy atom. The highest BCUT2D eigenvalue weighted by atomic mass is 32.2. The highest BCUT2D eigenvalue weighted by Crippen LogP contribution is 2.37. The lowest BCUT2D eigenvalue weighted by Gasteiger charge is -2.35. The largest absolute Gasteiger partial charge is 0.492 e. The van der Waals surface area contributed by atoms with Crippen molar-refractivity contribution in [2.75, 3.05) is 13.2 Å². The van der Waals surface area contributed by atoms with Gasteiger partial charge >= 0.3 is 0 Å². The molecule has 0 radical (unpaired) electrons. The first-order chi connectivity index (χ1) is 16.8. The Labute approximate surface area is 210 Å². The quantitative estimate of drug-likeness (QED) is 0.461. The molecule has 190 valence electrons. The number of hydrogen-bond acceptors (Lipinski definition) is 5. The van der Waals surface area contributed by atoms with E-state index in [1.165, 1.54) is 18.1 Å². The monoisotopic (exact) mass is 498 g/mol. The van der Waals surface area contributed by atoms with E-state index in [0.29, 0.717) is 12.5 Å². The second kappa shape index (κ2) is 12.3. The lowest BCUT2D eigenvalue weighted by atomic mass is 9.83. The van der Waals surface area contributed by atoms with Crippen LogP contribution < -0.4 is 14.8 Å². The molecule has 3 aromatic rings. The van der Waals surface area contributed by atoms with Gasteiger partial charge in [0.1, 0.15) is 12.4 Å². The minimum Gasteiger partial charge on any atom is -0.492 e. The number of benzene rings is 2. The summed E-state index contributed by atoms with van der Waals surface area (Å²) in [5.41, 5.74) is 3.27. The third-order valence-corrected chi connectivity index (χ3v) is 7.17. The SMILES string of the molecule is CC.CC(C)CNC1COc2ccc(CNS(=O)(=O)c3cn(C)cn3)cc2C1Cc1ccccc1. The van der Waals surface area contributed by atoms with Crippen LogP contribution in [-0.2, 0) is 30.0 Å². The molecule has 0 bridgehead atoms. The Morgan fingerprint density at radius 3 is 2.51 bits per heavy atom. The summed E-state index contributed by atoms with van der Waals surface area (Å²) in [4.78, 5) is 3.96. The van der Waals surface area contributed by atoms with E-state index in [-0.39, 0.29) is 23.5 Å². The maximum Gasteiger partial charge on any atom is 0.259 e. The molecule has 8 heteroatoms. The summed E-state index contributed by atoms with van der Waals surface area (Å²) in [6.07, 6.45) is 3.85. The summed E-state index contributed by atoms with van der Waals surface area (Å²) in [6, 6.07) is 16.6. The second-order valence-electron chi connectivity index (χ2n) is 9.09. The minimum absolute atomic E-state index is 0.0196. The third kappa shape index (κ3) is 7.16. The van der Waals surface area contributed by atoms with Gasteiger partial charge in [-0.25, -0.2) is 18.1 Å². The Morgan fingerprint density at radius 1 is 1.11 bits per heavy atom. The second-order valence-corrected chi connectivity index (χ2v) is 10.8. The molecule has 7 nitrogen and oxygen atoms in total. The highest BCUT2D eigenvalue weighted by Gasteiger charge is 2.31. The first-order valence-electron chi connectivity index (χ1n) is 12.3. The van der Waals surface area contributed by atoms with Crippen LogP contribution in [0.25, 0.3) is 0 Å². The van der Waals surface area contributed by atoms with Crippen LogP contribution in [0.1, 0.15) is 50.3 Å². The minimum atomic E-state index is -3.68. The number of fused-ring (bicyclic) bond motifs is 1. The molecule has 1 aromatic heterocycles. The molecule has 35 heavy (non-hydrogen) atoms. The topological polar surface area (TPSA) is 85.3 Å². The number of aryl methyl sites for hydroxylation is 1. The van der Waals surface area contributed by atoms with Gasteiger partial charge in [-0.1, -0.05) is 70.2 Å². The zero-order valence-electron chi connectivity index (χ0n) is 21.4.